The van der Waals surface area contributed by atoms with Gasteiger partial charge in [-0.1, -0.05) is 26.0 Å². The van der Waals surface area contributed by atoms with Crippen molar-refractivity contribution in [1.29, 1.82) is 0 Å². The van der Waals surface area contributed by atoms with Crippen molar-refractivity contribution in [1.82, 2.24) is 9.88 Å². The van der Waals surface area contributed by atoms with Crippen LogP contribution in [0.2, 0.25) is 0 Å². The molecule has 3 rings (SSSR count). The van der Waals surface area contributed by atoms with Crippen LogP contribution >= 0.6 is 11.3 Å². The number of carbonyl (C=O) groups is 1. The summed E-state index contributed by atoms with van der Waals surface area (Å²) >= 11 is 1.62. The normalized spacial score (nSPS) is 11.3. The number of hydrogen-bond acceptors (Lipinski definition) is 2. The Balaban J connectivity index is 1.93. The molecular weight excluding hydrogens is 311 g/mol. The van der Waals surface area contributed by atoms with Crippen molar-refractivity contribution in [3.63, 3.8) is 0 Å². The number of fused-ring (bicyclic) bond motifs is 1. The number of thiophene rings is 1. The van der Waals surface area contributed by atoms with Crippen LogP contribution in [0.5, 0.6) is 0 Å². The highest BCUT2D eigenvalue weighted by Gasteiger charge is 2.16. The van der Waals surface area contributed by atoms with Gasteiger partial charge < -0.3 is 9.88 Å². The molecule has 0 aliphatic rings. The number of carbonyl (C=O) groups excluding carboxylic acids is 1. The molecule has 0 unspecified atom stereocenters. The highest BCUT2D eigenvalue weighted by molar-refractivity contribution is 7.17. The molecule has 2 heterocycles. The lowest BCUT2D eigenvalue weighted by atomic mass is 10.2. The first-order valence-electron chi connectivity index (χ1n) is 7.64. The lowest BCUT2D eigenvalue weighted by molar-refractivity contribution is 0.0940. The lowest BCUT2D eigenvalue weighted by Gasteiger charge is -2.12. The Hall–Kier alpha value is -2.14. The minimum Gasteiger partial charge on any atom is -0.351 e. The van der Waals surface area contributed by atoms with Gasteiger partial charge in [0.25, 0.3) is 5.91 Å². The molecule has 3 nitrogen and oxygen atoms in total. The summed E-state index contributed by atoms with van der Waals surface area (Å²) in [6, 6.07) is 10.3. The van der Waals surface area contributed by atoms with Crippen LogP contribution in [0.25, 0.3) is 10.2 Å². The molecular formula is C18H19FN2OS. The molecule has 23 heavy (non-hydrogen) atoms. The average molecular weight is 330 g/mol. The number of halogens is 1. The second-order valence-corrected chi connectivity index (χ2v) is 6.96. The van der Waals surface area contributed by atoms with Crippen LogP contribution in [0.4, 0.5) is 4.39 Å². The zero-order chi connectivity index (χ0) is 16.4. The zero-order valence-corrected chi connectivity index (χ0v) is 14.0. The summed E-state index contributed by atoms with van der Waals surface area (Å²) in [6.07, 6.45) is 0. The summed E-state index contributed by atoms with van der Waals surface area (Å²) in [7, 11) is 0. The minimum absolute atomic E-state index is 0.0655. The van der Waals surface area contributed by atoms with E-state index in [1.54, 1.807) is 23.5 Å². The van der Waals surface area contributed by atoms with Gasteiger partial charge in [-0.15, -0.1) is 11.3 Å². The van der Waals surface area contributed by atoms with Crippen LogP contribution in [-0.4, -0.2) is 17.0 Å². The molecule has 0 aliphatic carbocycles. The largest absolute Gasteiger partial charge is 0.351 e. The summed E-state index contributed by atoms with van der Waals surface area (Å²) in [5.74, 6) is 0.0848. The number of benzene rings is 1. The highest BCUT2D eigenvalue weighted by atomic mass is 32.1. The number of nitrogens with zero attached hydrogens (tertiary/aromatic N) is 1. The molecule has 0 radical (unpaired) electrons. The molecule has 0 saturated carbocycles. The topological polar surface area (TPSA) is 34.0 Å². The van der Waals surface area contributed by atoms with Crippen molar-refractivity contribution >= 4 is 27.5 Å². The van der Waals surface area contributed by atoms with Gasteiger partial charge in [0.1, 0.15) is 11.5 Å². The van der Waals surface area contributed by atoms with Gasteiger partial charge in [-0.3, -0.25) is 4.79 Å². The number of hydrogen-bond donors (Lipinski definition) is 1. The summed E-state index contributed by atoms with van der Waals surface area (Å²) in [4.78, 5) is 12.5. The molecule has 0 fully saturated rings. The van der Waals surface area contributed by atoms with Crippen molar-refractivity contribution in [3.05, 3.63) is 58.9 Å². The number of aromatic nitrogens is 1. The Labute approximate surface area is 138 Å². The first-order chi connectivity index (χ1) is 11.0. The Morgan fingerprint density at radius 3 is 2.70 bits per heavy atom. The van der Waals surface area contributed by atoms with E-state index >= 15 is 0 Å². The van der Waals surface area contributed by atoms with E-state index in [1.807, 2.05) is 22.1 Å². The van der Waals surface area contributed by atoms with Crippen LogP contribution in [0.15, 0.2) is 41.8 Å². The predicted molar refractivity (Wildman–Crippen MR) is 92.5 cm³/mol. The molecule has 1 N–H and O–H groups in total. The minimum atomic E-state index is -0.253. The van der Waals surface area contributed by atoms with Crippen LogP contribution in [0.1, 0.15) is 29.9 Å². The molecule has 2 aromatic heterocycles. The van der Waals surface area contributed by atoms with Gasteiger partial charge in [-0.25, -0.2) is 4.39 Å². The third kappa shape index (κ3) is 3.45. The van der Waals surface area contributed by atoms with E-state index in [0.29, 0.717) is 24.7 Å². The maximum Gasteiger partial charge on any atom is 0.267 e. The number of nitrogens with one attached hydrogen (secondary N) is 1. The molecule has 0 spiro atoms. The van der Waals surface area contributed by atoms with E-state index in [-0.39, 0.29) is 11.7 Å². The molecule has 1 aromatic carbocycles. The third-order valence-corrected chi connectivity index (χ3v) is 4.53. The van der Waals surface area contributed by atoms with Crippen molar-refractivity contribution in [2.45, 2.75) is 20.4 Å². The van der Waals surface area contributed by atoms with Crippen molar-refractivity contribution in [3.8, 4) is 0 Å². The van der Waals surface area contributed by atoms with Gasteiger partial charge in [0.05, 0.1) is 10.2 Å². The average Bonchev–Trinajstić information content (AvgIpc) is 3.09. The van der Waals surface area contributed by atoms with Crippen molar-refractivity contribution < 1.29 is 9.18 Å². The van der Waals surface area contributed by atoms with Gasteiger partial charge in [-0.05, 0) is 41.1 Å². The van der Waals surface area contributed by atoms with Gasteiger partial charge >= 0.3 is 0 Å². The standard InChI is InChI=1S/C18H19FN2OS/c1-12(2)10-20-18(22)16-9-17-15(7-8-23-17)21(16)11-13-3-5-14(19)6-4-13/h3-9,12H,10-11H2,1-2H3,(H,20,22). The first-order valence-corrected chi connectivity index (χ1v) is 8.52. The number of rotatable bonds is 5. The molecule has 0 aliphatic heterocycles. The van der Waals surface area contributed by atoms with E-state index < -0.39 is 0 Å². The predicted octanol–water partition coefficient (Wildman–Crippen LogP) is 4.28. The Kier molecular flexibility index (Phi) is 4.48. The monoisotopic (exact) mass is 330 g/mol. The van der Waals surface area contributed by atoms with E-state index in [9.17, 15) is 9.18 Å². The van der Waals surface area contributed by atoms with E-state index in [4.69, 9.17) is 0 Å². The second-order valence-electron chi connectivity index (χ2n) is 6.02. The zero-order valence-electron chi connectivity index (χ0n) is 13.2. The van der Waals surface area contributed by atoms with Crippen LogP contribution in [0, 0.1) is 11.7 Å². The molecule has 0 saturated heterocycles. The second kappa shape index (κ2) is 6.54. The molecule has 1 amide bonds. The van der Waals surface area contributed by atoms with E-state index in [2.05, 4.69) is 19.2 Å². The maximum absolute atomic E-state index is 13.1. The molecule has 0 atom stereocenters. The quantitative estimate of drug-likeness (QED) is 0.744. The Morgan fingerprint density at radius 1 is 1.26 bits per heavy atom. The molecule has 5 heteroatoms. The highest BCUT2D eigenvalue weighted by Crippen LogP contribution is 2.26. The van der Waals surface area contributed by atoms with E-state index in [1.165, 1.54) is 12.1 Å². The molecule has 0 bridgehead atoms. The fraction of sp³-hybridized carbons (Fsp3) is 0.278. The summed E-state index contributed by atoms with van der Waals surface area (Å²) < 4.78 is 16.2. The van der Waals surface area contributed by atoms with Gasteiger partial charge in [0, 0.05) is 13.1 Å². The van der Waals surface area contributed by atoms with E-state index in [0.717, 1.165) is 15.8 Å². The van der Waals surface area contributed by atoms with Crippen molar-refractivity contribution in [2.75, 3.05) is 6.54 Å². The van der Waals surface area contributed by atoms with Crippen LogP contribution in [0.3, 0.4) is 0 Å². The van der Waals surface area contributed by atoms with Gasteiger partial charge in [0.2, 0.25) is 0 Å². The first kappa shape index (κ1) is 15.7. The van der Waals surface area contributed by atoms with Gasteiger partial charge in [-0.2, -0.15) is 0 Å². The van der Waals surface area contributed by atoms with Gasteiger partial charge in [0.15, 0.2) is 0 Å². The Morgan fingerprint density at radius 2 is 2.00 bits per heavy atom. The summed E-state index contributed by atoms with van der Waals surface area (Å²) in [5.41, 5.74) is 2.65. The summed E-state index contributed by atoms with van der Waals surface area (Å²) in [6.45, 7) is 5.33. The smallest absolute Gasteiger partial charge is 0.267 e. The SMILES string of the molecule is CC(C)CNC(=O)c1cc2sccc2n1Cc1ccc(F)cc1. The fourth-order valence-corrected chi connectivity index (χ4v) is 3.32. The fourth-order valence-electron chi connectivity index (χ4n) is 2.50. The van der Waals surface area contributed by atoms with Crippen LogP contribution < -0.4 is 5.32 Å². The van der Waals surface area contributed by atoms with Crippen molar-refractivity contribution in [2.24, 2.45) is 5.92 Å². The number of amides is 1. The maximum atomic E-state index is 13.1. The lowest BCUT2D eigenvalue weighted by Crippen LogP contribution is -2.29. The third-order valence-electron chi connectivity index (χ3n) is 3.68. The van der Waals surface area contributed by atoms with Crippen LogP contribution in [-0.2, 0) is 6.54 Å². The molecule has 120 valence electrons. The summed E-state index contributed by atoms with van der Waals surface area (Å²) in [5, 5.41) is 4.98. The molecule has 3 aromatic rings. The Bertz CT molecular complexity index is 817.